The molecule has 1 aromatic heterocycles. The van der Waals surface area contributed by atoms with Crippen LogP contribution < -0.4 is 11.1 Å². The molecule has 0 aromatic carbocycles. The number of hydrogen-bond donors (Lipinski definition) is 3. The van der Waals surface area contributed by atoms with Crippen LogP contribution in [0.2, 0.25) is 0 Å². The quantitative estimate of drug-likeness (QED) is 0.624. The minimum atomic E-state index is 0.349. The molecule has 0 fully saturated rings. The Bertz CT molecular complexity index is 231. The number of aromatic amines is 1. The van der Waals surface area contributed by atoms with Crippen molar-refractivity contribution in [2.24, 2.45) is 5.92 Å². The Morgan fingerprint density at radius 3 is 2.92 bits per heavy atom. The Morgan fingerprint density at radius 1 is 1.67 bits per heavy atom. The van der Waals surface area contributed by atoms with E-state index in [0.29, 0.717) is 17.8 Å². The van der Waals surface area contributed by atoms with Gasteiger partial charge in [0.05, 0.1) is 0 Å². The minimum absolute atomic E-state index is 0.349. The third-order valence-corrected chi connectivity index (χ3v) is 1.81. The molecule has 12 heavy (non-hydrogen) atoms. The van der Waals surface area contributed by atoms with Gasteiger partial charge in [0.1, 0.15) is 0 Å². The van der Waals surface area contributed by atoms with Crippen molar-refractivity contribution in [2.75, 3.05) is 17.6 Å². The highest BCUT2D eigenvalue weighted by atomic mass is 15.3. The molecule has 5 heteroatoms. The first kappa shape index (κ1) is 8.83. The number of nitrogens with two attached hydrogens (primary N) is 1. The van der Waals surface area contributed by atoms with E-state index < -0.39 is 0 Å². The van der Waals surface area contributed by atoms with Gasteiger partial charge in [0, 0.05) is 6.54 Å². The van der Waals surface area contributed by atoms with Crippen LogP contribution in [0.5, 0.6) is 0 Å². The van der Waals surface area contributed by atoms with E-state index in [1.54, 1.807) is 0 Å². The van der Waals surface area contributed by atoms with E-state index in [2.05, 4.69) is 34.3 Å². The smallest absolute Gasteiger partial charge is 0.243 e. The summed E-state index contributed by atoms with van der Waals surface area (Å²) in [4.78, 5) is 3.92. The average molecular weight is 169 g/mol. The second-order valence-corrected chi connectivity index (χ2v) is 2.94. The first-order chi connectivity index (χ1) is 5.72. The zero-order chi connectivity index (χ0) is 8.97. The van der Waals surface area contributed by atoms with Crippen LogP contribution in [0.25, 0.3) is 0 Å². The number of nitrogens with one attached hydrogen (secondary N) is 2. The molecule has 0 saturated carbocycles. The molecule has 0 saturated heterocycles. The van der Waals surface area contributed by atoms with Gasteiger partial charge in [-0.15, -0.1) is 5.10 Å². The van der Waals surface area contributed by atoms with Crippen LogP contribution in [0.1, 0.15) is 20.3 Å². The van der Waals surface area contributed by atoms with Crippen LogP contribution in [0.4, 0.5) is 11.9 Å². The molecule has 1 heterocycles. The molecule has 0 radical (unpaired) electrons. The van der Waals surface area contributed by atoms with Crippen molar-refractivity contribution in [3.05, 3.63) is 0 Å². The molecule has 1 aromatic rings. The maximum atomic E-state index is 5.35. The third-order valence-electron chi connectivity index (χ3n) is 1.81. The Morgan fingerprint density at radius 2 is 2.42 bits per heavy atom. The van der Waals surface area contributed by atoms with Crippen LogP contribution in [0, 0.1) is 5.92 Å². The molecule has 5 nitrogen and oxygen atoms in total. The van der Waals surface area contributed by atoms with Gasteiger partial charge >= 0.3 is 0 Å². The van der Waals surface area contributed by atoms with Crippen molar-refractivity contribution in [3.8, 4) is 0 Å². The maximum absolute atomic E-state index is 5.35. The largest absolute Gasteiger partial charge is 0.368 e. The molecule has 68 valence electrons. The molecular formula is C7H15N5. The lowest BCUT2D eigenvalue weighted by molar-refractivity contribution is 0.591. The van der Waals surface area contributed by atoms with Crippen molar-refractivity contribution in [1.82, 2.24) is 15.2 Å². The standard InChI is InChI=1S/C7H15N5/c1-3-5(2)4-9-7-10-6(8)11-12-7/h5H,3-4H2,1-2H3,(H4,8,9,10,11,12). The summed E-state index contributed by atoms with van der Waals surface area (Å²) in [5.74, 6) is 1.55. The molecule has 0 aliphatic rings. The van der Waals surface area contributed by atoms with Gasteiger partial charge in [0.25, 0.3) is 0 Å². The Balaban J connectivity index is 2.33. The highest BCUT2D eigenvalue weighted by Gasteiger charge is 2.01. The lowest BCUT2D eigenvalue weighted by Gasteiger charge is -2.07. The molecule has 0 spiro atoms. The number of nitrogens with zero attached hydrogens (tertiary/aromatic N) is 2. The molecule has 1 unspecified atom stereocenters. The van der Waals surface area contributed by atoms with E-state index in [1.807, 2.05) is 0 Å². The summed E-state index contributed by atoms with van der Waals surface area (Å²) in [6, 6.07) is 0. The molecule has 0 amide bonds. The van der Waals surface area contributed by atoms with Crippen LogP contribution in [0.3, 0.4) is 0 Å². The first-order valence-electron chi connectivity index (χ1n) is 4.14. The molecular weight excluding hydrogens is 154 g/mol. The Kier molecular flexibility index (Phi) is 2.90. The third kappa shape index (κ3) is 2.41. The molecule has 1 atom stereocenters. The monoisotopic (exact) mass is 169 g/mol. The highest BCUT2D eigenvalue weighted by Crippen LogP contribution is 2.03. The van der Waals surface area contributed by atoms with Gasteiger partial charge in [-0.25, -0.2) is 5.10 Å². The predicted molar refractivity (Wildman–Crippen MR) is 48.7 cm³/mol. The fraction of sp³-hybridized carbons (Fsp3) is 0.714. The SMILES string of the molecule is CCC(C)CNc1n[nH]c(N)n1. The van der Waals surface area contributed by atoms with Crippen molar-refractivity contribution < 1.29 is 0 Å². The summed E-state index contributed by atoms with van der Waals surface area (Å²) in [5, 5.41) is 9.50. The number of H-pyrrole nitrogens is 1. The lowest BCUT2D eigenvalue weighted by atomic mass is 10.1. The number of anilines is 2. The maximum Gasteiger partial charge on any atom is 0.243 e. The fourth-order valence-electron chi connectivity index (χ4n) is 0.763. The van der Waals surface area contributed by atoms with Crippen LogP contribution in [0.15, 0.2) is 0 Å². The fourth-order valence-corrected chi connectivity index (χ4v) is 0.763. The summed E-state index contributed by atoms with van der Waals surface area (Å²) in [7, 11) is 0. The number of rotatable bonds is 4. The van der Waals surface area contributed by atoms with Crippen molar-refractivity contribution in [2.45, 2.75) is 20.3 Å². The minimum Gasteiger partial charge on any atom is -0.368 e. The number of aromatic nitrogens is 3. The molecule has 1 rings (SSSR count). The van der Waals surface area contributed by atoms with E-state index in [4.69, 9.17) is 5.73 Å². The predicted octanol–water partition coefficient (Wildman–Crippen LogP) is 0.845. The zero-order valence-corrected chi connectivity index (χ0v) is 7.46. The number of hydrogen-bond acceptors (Lipinski definition) is 4. The van der Waals surface area contributed by atoms with Gasteiger partial charge in [-0.1, -0.05) is 20.3 Å². The highest BCUT2D eigenvalue weighted by molar-refractivity contribution is 5.29. The number of nitrogen functional groups attached to an aromatic ring is 1. The van der Waals surface area contributed by atoms with E-state index in [0.717, 1.165) is 13.0 Å². The van der Waals surface area contributed by atoms with E-state index in [9.17, 15) is 0 Å². The molecule has 0 aliphatic carbocycles. The second-order valence-electron chi connectivity index (χ2n) is 2.94. The van der Waals surface area contributed by atoms with E-state index in [1.165, 1.54) is 0 Å². The molecule has 4 N–H and O–H groups in total. The van der Waals surface area contributed by atoms with Crippen molar-refractivity contribution in [3.63, 3.8) is 0 Å². The topological polar surface area (TPSA) is 79.6 Å². The summed E-state index contributed by atoms with van der Waals surface area (Å²) in [5.41, 5.74) is 5.35. The van der Waals surface area contributed by atoms with Crippen molar-refractivity contribution in [1.29, 1.82) is 0 Å². The van der Waals surface area contributed by atoms with Crippen LogP contribution in [-0.4, -0.2) is 21.7 Å². The van der Waals surface area contributed by atoms with Gasteiger partial charge in [0.2, 0.25) is 11.9 Å². The van der Waals surface area contributed by atoms with Gasteiger partial charge in [-0.05, 0) is 5.92 Å². The first-order valence-corrected chi connectivity index (χ1v) is 4.14. The van der Waals surface area contributed by atoms with E-state index in [-0.39, 0.29) is 0 Å². The van der Waals surface area contributed by atoms with Crippen LogP contribution in [-0.2, 0) is 0 Å². The molecule has 0 aliphatic heterocycles. The van der Waals surface area contributed by atoms with Crippen LogP contribution >= 0.6 is 0 Å². The van der Waals surface area contributed by atoms with Gasteiger partial charge in [0.15, 0.2) is 0 Å². The van der Waals surface area contributed by atoms with Gasteiger partial charge in [-0.2, -0.15) is 4.98 Å². The summed E-state index contributed by atoms with van der Waals surface area (Å²) in [6.45, 7) is 5.20. The Hall–Kier alpha value is -1.26. The van der Waals surface area contributed by atoms with Crippen molar-refractivity contribution >= 4 is 11.9 Å². The lowest BCUT2D eigenvalue weighted by Crippen LogP contribution is -2.11. The van der Waals surface area contributed by atoms with Gasteiger partial charge in [-0.3, -0.25) is 0 Å². The molecule has 0 bridgehead atoms. The van der Waals surface area contributed by atoms with Gasteiger partial charge < -0.3 is 11.1 Å². The normalized spacial score (nSPS) is 12.8. The average Bonchev–Trinajstić information content (AvgIpc) is 2.47. The second kappa shape index (κ2) is 3.94. The summed E-state index contributed by atoms with van der Waals surface area (Å²) < 4.78 is 0. The van der Waals surface area contributed by atoms with E-state index >= 15 is 0 Å². The summed E-state index contributed by atoms with van der Waals surface area (Å²) >= 11 is 0. The zero-order valence-electron chi connectivity index (χ0n) is 7.46. The summed E-state index contributed by atoms with van der Waals surface area (Å²) in [6.07, 6.45) is 1.15. The Labute approximate surface area is 71.8 Å².